The lowest BCUT2D eigenvalue weighted by Crippen LogP contribution is -2.45. The first-order valence-corrected chi connectivity index (χ1v) is 8.20. The summed E-state index contributed by atoms with van der Waals surface area (Å²) >= 11 is 0. The minimum absolute atomic E-state index is 0.0558. The Hall–Kier alpha value is -2.51. The van der Waals surface area contributed by atoms with Crippen LogP contribution in [0.5, 0.6) is 0 Å². The summed E-state index contributed by atoms with van der Waals surface area (Å²) in [6.45, 7) is 0.841. The largest absolute Gasteiger partial charge is 0.352 e. The van der Waals surface area contributed by atoms with Crippen molar-refractivity contribution in [3.05, 3.63) is 35.4 Å². The number of imide groups is 1. The number of rotatable bonds is 4. The number of carbonyl (C=O) groups is 3. The van der Waals surface area contributed by atoms with Crippen LogP contribution < -0.4 is 10.6 Å². The maximum atomic E-state index is 14.1. The lowest BCUT2D eigenvalue weighted by molar-refractivity contribution is -0.135. The normalized spacial score (nSPS) is 23.9. The standard InChI is InChI=1S/C17H19F2N3O3/c1-17(12-8-10(18)6-7-13(12)19)15(24)22(16(25)21-17)9-14(23)20-11-4-2-3-5-11/h6-8,11H,2-5,9H2,1H3,(H,20,23)(H,21,25)/t17-/m1/s1. The quantitative estimate of drug-likeness (QED) is 0.812. The molecule has 0 spiro atoms. The molecule has 2 aliphatic rings. The Balaban J connectivity index is 1.77. The fraction of sp³-hybridized carbons (Fsp3) is 0.471. The molecule has 4 amide bonds. The second-order valence-corrected chi connectivity index (χ2v) is 6.62. The predicted molar refractivity (Wildman–Crippen MR) is 84.4 cm³/mol. The Labute approximate surface area is 143 Å². The Morgan fingerprint density at radius 2 is 2.00 bits per heavy atom. The number of amides is 4. The maximum Gasteiger partial charge on any atom is 0.325 e. The zero-order valence-corrected chi connectivity index (χ0v) is 13.8. The van der Waals surface area contributed by atoms with E-state index in [0.29, 0.717) is 0 Å². The van der Waals surface area contributed by atoms with Gasteiger partial charge in [0, 0.05) is 11.6 Å². The van der Waals surface area contributed by atoms with Crippen molar-refractivity contribution in [2.24, 2.45) is 0 Å². The summed E-state index contributed by atoms with van der Waals surface area (Å²) in [6.07, 6.45) is 3.81. The highest BCUT2D eigenvalue weighted by molar-refractivity contribution is 6.09. The van der Waals surface area contributed by atoms with E-state index in [0.717, 1.165) is 48.8 Å². The van der Waals surface area contributed by atoms with E-state index in [1.807, 2.05) is 0 Å². The number of hydrogen-bond acceptors (Lipinski definition) is 3. The Kier molecular flexibility index (Phi) is 4.45. The van der Waals surface area contributed by atoms with E-state index >= 15 is 0 Å². The van der Waals surface area contributed by atoms with E-state index < -0.39 is 41.6 Å². The van der Waals surface area contributed by atoms with Crippen LogP contribution in [0.4, 0.5) is 13.6 Å². The summed E-state index contributed by atoms with van der Waals surface area (Å²) in [5.74, 6) is -2.77. The average Bonchev–Trinajstić information content (AvgIpc) is 3.13. The molecule has 8 heteroatoms. The van der Waals surface area contributed by atoms with Gasteiger partial charge in [0.15, 0.2) is 0 Å². The van der Waals surface area contributed by atoms with Gasteiger partial charge in [0.25, 0.3) is 5.91 Å². The van der Waals surface area contributed by atoms with Gasteiger partial charge in [-0.1, -0.05) is 12.8 Å². The summed E-state index contributed by atoms with van der Waals surface area (Å²) in [5.41, 5.74) is -2.03. The predicted octanol–water partition coefficient (Wildman–Crippen LogP) is 1.79. The molecular weight excluding hydrogens is 332 g/mol. The average molecular weight is 351 g/mol. The number of nitrogens with one attached hydrogen (secondary N) is 2. The van der Waals surface area contributed by atoms with Crippen molar-refractivity contribution >= 4 is 17.8 Å². The van der Waals surface area contributed by atoms with E-state index in [2.05, 4.69) is 10.6 Å². The molecule has 1 saturated carbocycles. The van der Waals surface area contributed by atoms with Gasteiger partial charge in [0.1, 0.15) is 23.7 Å². The van der Waals surface area contributed by atoms with Gasteiger partial charge in [0.2, 0.25) is 5.91 Å². The number of carbonyl (C=O) groups excluding carboxylic acids is 3. The van der Waals surface area contributed by atoms with Crippen molar-refractivity contribution in [1.82, 2.24) is 15.5 Å². The van der Waals surface area contributed by atoms with E-state index in [1.165, 1.54) is 6.92 Å². The molecule has 2 fully saturated rings. The first kappa shape index (κ1) is 17.3. The van der Waals surface area contributed by atoms with Gasteiger partial charge in [-0.15, -0.1) is 0 Å². The number of nitrogens with zero attached hydrogens (tertiary/aromatic N) is 1. The van der Waals surface area contributed by atoms with Crippen LogP contribution >= 0.6 is 0 Å². The van der Waals surface area contributed by atoms with Gasteiger partial charge in [0.05, 0.1) is 0 Å². The lowest BCUT2D eigenvalue weighted by atomic mass is 9.91. The third-order valence-corrected chi connectivity index (χ3v) is 4.76. The van der Waals surface area contributed by atoms with Crippen LogP contribution in [-0.4, -0.2) is 35.3 Å². The highest BCUT2D eigenvalue weighted by atomic mass is 19.1. The van der Waals surface area contributed by atoms with Crippen LogP contribution in [0.3, 0.4) is 0 Å². The summed E-state index contributed by atoms with van der Waals surface area (Å²) in [7, 11) is 0. The number of benzene rings is 1. The van der Waals surface area contributed by atoms with Crippen LogP contribution in [0, 0.1) is 11.6 Å². The van der Waals surface area contributed by atoms with Gasteiger partial charge in [-0.25, -0.2) is 13.6 Å². The second kappa shape index (κ2) is 6.42. The van der Waals surface area contributed by atoms with Crippen LogP contribution in [0.2, 0.25) is 0 Å². The van der Waals surface area contributed by atoms with Crippen LogP contribution in [-0.2, 0) is 15.1 Å². The molecule has 3 rings (SSSR count). The molecule has 0 aromatic heterocycles. The fourth-order valence-corrected chi connectivity index (χ4v) is 3.39. The van der Waals surface area contributed by atoms with Gasteiger partial charge in [-0.05, 0) is 38.0 Å². The van der Waals surface area contributed by atoms with Crippen LogP contribution in [0.1, 0.15) is 38.2 Å². The molecular formula is C17H19F2N3O3. The molecule has 1 aromatic rings. The Bertz CT molecular complexity index is 734. The minimum Gasteiger partial charge on any atom is -0.352 e. The molecule has 2 N–H and O–H groups in total. The number of hydrogen-bond donors (Lipinski definition) is 2. The maximum absolute atomic E-state index is 14.1. The molecule has 0 bridgehead atoms. The molecule has 1 aromatic carbocycles. The van der Waals surface area contributed by atoms with Crippen LogP contribution in [0.25, 0.3) is 0 Å². The third-order valence-electron chi connectivity index (χ3n) is 4.76. The first-order valence-electron chi connectivity index (χ1n) is 8.20. The van der Waals surface area contributed by atoms with E-state index in [4.69, 9.17) is 0 Å². The van der Waals surface area contributed by atoms with Crippen molar-refractivity contribution in [2.75, 3.05) is 6.54 Å². The van der Waals surface area contributed by atoms with Crippen molar-refractivity contribution in [2.45, 2.75) is 44.2 Å². The van der Waals surface area contributed by atoms with Gasteiger partial charge < -0.3 is 10.6 Å². The summed E-state index contributed by atoms with van der Waals surface area (Å²) in [4.78, 5) is 37.6. The SMILES string of the molecule is C[C@]1(c2cc(F)ccc2F)NC(=O)N(CC(=O)NC2CCCC2)C1=O. The molecule has 25 heavy (non-hydrogen) atoms. The molecule has 0 radical (unpaired) electrons. The monoisotopic (exact) mass is 351 g/mol. The topological polar surface area (TPSA) is 78.5 Å². The molecule has 1 saturated heterocycles. The zero-order valence-electron chi connectivity index (χ0n) is 13.8. The van der Waals surface area contributed by atoms with E-state index in [1.54, 1.807) is 0 Å². The van der Waals surface area contributed by atoms with Gasteiger partial charge >= 0.3 is 6.03 Å². The first-order chi connectivity index (χ1) is 11.8. The smallest absolute Gasteiger partial charge is 0.325 e. The van der Waals surface area contributed by atoms with E-state index in [9.17, 15) is 23.2 Å². The molecule has 134 valence electrons. The number of urea groups is 1. The Morgan fingerprint density at radius 3 is 2.68 bits per heavy atom. The third kappa shape index (κ3) is 3.20. The Morgan fingerprint density at radius 1 is 1.32 bits per heavy atom. The van der Waals surface area contributed by atoms with Gasteiger partial charge in [-0.3, -0.25) is 14.5 Å². The molecule has 0 unspecified atom stereocenters. The van der Waals surface area contributed by atoms with Gasteiger partial charge in [-0.2, -0.15) is 0 Å². The molecule has 1 heterocycles. The lowest BCUT2D eigenvalue weighted by Gasteiger charge is -2.23. The van der Waals surface area contributed by atoms with Crippen molar-refractivity contribution < 1.29 is 23.2 Å². The molecule has 1 atom stereocenters. The highest BCUT2D eigenvalue weighted by Crippen LogP contribution is 2.31. The molecule has 6 nitrogen and oxygen atoms in total. The van der Waals surface area contributed by atoms with Crippen molar-refractivity contribution in [3.63, 3.8) is 0 Å². The molecule has 1 aliphatic carbocycles. The van der Waals surface area contributed by atoms with Crippen molar-refractivity contribution in [3.8, 4) is 0 Å². The van der Waals surface area contributed by atoms with Crippen molar-refractivity contribution in [1.29, 1.82) is 0 Å². The minimum atomic E-state index is -1.75. The van der Waals surface area contributed by atoms with E-state index in [-0.39, 0.29) is 11.6 Å². The zero-order chi connectivity index (χ0) is 18.2. The number of halogens is 2. The summed E-state index contributed by atoms with van der Waals surface area (Å²) in [5, 5.41) is 5.15. The molecule has 1 aliphatic heterocycles. The van der Waals surface area contributed by atoms with Crippen LogP contribution in [0.15, 0.2) is 18.2 Å². The fourth-order valence-electron chi connectivity index (χ4n) is 3.39. The summed E-state index contributed by atoms with van der Waals surface area (Å²) in [6, 6.07) is 1.94. The highest BCUT2D eigenvalue weighted by Gasteiger charge is 2.50. The summed E-state index contributed by atoms with van der Waals surface area (Å²) < 4.78 is 27.5. The second-order valence-electron chi connectivity index (χ2n) is 6.62.